The van der Waals surface area contributed by atoms with E-state index in [0.717, 1.165) is 30.9 Å². The van der Waals surface area contributed by atoms with Crippen LogP contribution in [0.15, 0.2) is 24.3 Å². The van der Waals surface area contributed by atoms with Crippen molar-refractivity contribution in [3.8, 4) is 5.75 Å². The molecule has 19 heavy (non-hydrogen) atoms. The zero-order valence-electron chi connectivity index (χ0n) is 11.0. The molecular formula is C14H19ClN2O2. The van der Waals surface area contributed by atoms with Gasteiger partial charge in [0, 0.05) is 32.1 Å². The SMILES string of the molecule is CC1CNCCN1C(=O)C1Cc2ccccc2O1.Cl. The van der Waals surface area contributed by atoms with Gasteiger partial charge in [0.2, 0.25) is 0 Å². The monoisotopic (exact) mass is 282 g/mol. The Morgan fingerprint density at radius 3 is 2.95 bits per heavy atom. The fraction of sp³-hybridized carbons (Fsp3) is 0.500. The molecule has 0 aromatic heterocycles. The number of benzene rings is 1. The van der Waals surface area contributed by atoms with Crippen molar-refractivity contribution in [2.24, 2.45) is 0 Å². The number of halogens is 1. The molecule has 1 aromatic rings. The highest BCUT2D eigenvalue weighted by Crippen LogP contribution is 2.29. The predicted octanol–water partition coefficient (Wildman–Crippen LogP) is 1.23. The van der Waals surface area contributed by atoms with Crippen molar-refractivity contribution in [1.29, 1.82) is 0 Å². The largest absolute Gasteiger partial charge is 0.480 e. The number of nitrogens with zero attached hydrogens (tertiary/aromatic N) is 1. The van der Waals surface area contributed by atoms with Crippen molar-refractivity contribution in [2.45, 2.75) is 25.5 Å². The summed E-state index contributed by atoms with van der Waals surface area (Å²) in [5.74, 6) is 0.985. The average molecular weight is 283 g/mol. The van der Waals surface area contributed by atoms with Gasteiger partial charge in [-0.15, -0.1) is 12.4 Å². The fourth-order valence-electron chi connectivity index (χ4n) is 2.67. The van der Waals surface area contributed by atoms with Gasteiger partial charge in [0.1, 0.15) is 5.75 Å². The van der Waals surface area contributed by atoms with Crippen LogP contribution in [0.1, 0.15) is 12.5 Å². The first kappa shape index (κ1) is 14.2. The standard InChI is InChI=1S/C14H18N2O2.ClH/c1-10-9-15-6-7-16(10)14(17)13-8-11-4-2-3-5-12(11)18-13;/h2-5,10,13,15H,6-9H2,1H3;1H. The van der Waals surface area contributed by atoms with Crippen LogP contribution in [0.25, 0.3) is 0 Å². The highest BCUT2D eigenvalue weighted by molar-refractivity contribution is 5.85. The molecule has 2 aliphatic rings. The molecule has 2 aliphatic heterocycles. The summed E-state index contributed by atoms with van der Waals surface area (Å²) < 4.78 is 5.76. The number of ether oxygens (including phenoxy) is 1. The Labute approximate surface area is 119 Å². The summed E-state index contributed by atoms with van der Waals surface area (Å²) in [4.78, 5) is 14.4. The van der Waals surface area contributed by atoms with Crippen LogP contribution in [-0.2, 0) is 11.2 Å². The summed E-state index contributed by atoms with van der Waals surface area (Å²) in [6.45, 7) is 4.59. The second-order valence-corrected chi connectivity index (χ2v) is 5.00. The van der Waals surface area contributed by atoms with E-state index in [0.29, 0.717) is 6.42 Å². The predicted molar refractivity (Wildman–Crippen MR) is 75.9 cm³/mol. The van der Waals surface area contributed by atoms with E-state index < -0.39 is 0 Å². The number of hydrogen-bond donors (Lipinski definition) is 1. The van der Waals surface area contributed by atoms with Gasteiger partial charge >= 0.3 is 0 Å². The van der Waals surface area contributed by atoms with Gasteiger partial charge in [-0.25, -0.2) is 0 Å². The number of rotatable bonds is 1. The van der Waals surface area contributed by atoms with Gasteiger partial charge < -0.3 is 15.0 Å². The molecular weight excluding hydrogens is 264 g/mol. The molecule has 0 spiro atoms. The van der Waals surface area contributed by atoms with Crippen molar-refractivity contribution in [1.82, 2.24) is 10.2 Å². The Bertz CT molecular complexity index is 442. The molecule has 1 saturated heterocycles. The molecule has 1 fully saturated rings. The lowest BCUT2D eigenvalue weighted by molar-refractivity contribution is -0.140. The third kappa shape index (κ3) is 2.69. The van der Waals surface area contributed by atoms with Gasteiger partial charge in [0.05, 0.1) is 0 Å². The molecule has 0 saturated carbocycles. The first-order valence-corrected chi connectivity index (χ1v) is 6.51. The van der Waals surface area contributed by atoms with Gasteiger partial charge in [-0.3, -0.25) is 4.79 Å². The van der Waals surface area contributed by atoms with Crippen LogP contribution in [0.2, 0.25) is 0 Å². The van der Waals surface area contributed by atoms with Gasteiger partial charge in [0.15, 0.2) is 6.10 Å². The first-order chi connectivity index (χ1) is 8.75. The molecule has 2 unspecified atom stereocenters. The molecule has 0 radical (unpaired) electrons. The van der Waals surface area contributed by atoms with Crippen molar-refractivity contribution in [2.75, 3.05) is 19.6 Å². The molecule has 3 rings (SSSR count). The summed E-state index contributed by atoms with van der Waals surface area (Å²) in [5.41, 5.74) is 1.14. The van der Waals surface area contributed by atoms with E-state index in [1.54, 1.807) is 0 Å². The van der Waals surface area contributed by atoms with E-state index in [1.165, 1.54) is 0 Å². The number of piperazine rings is 1. The molecule has 2 atom stereocenters. The minimum Gasteiger partial charge on any atom is -0.480 e. The number of amides is 1. The summed E-state index contributed by atoms with van der Waals surface area (Å²) in [6, 6.07) is 8.15. The summed E-state index contributed by atoms with van der Waals surface area (Å²) in [6.07, 6.45) is 0.369. The second-order valence-electron chi connectivity index (χ2n) is 5.00. The number of carbonyl (C=O) groups is 1. The maximum atomic E-state index is 12.5. The normalized spacial score (nSPS) is 25.2. The van der Waals surface area contributed by atoms with Crippen molar-refractivity contribution < 1.29 is 9.53 Å². The smallest absolute Gasteiger partial charge is 0.264 e. The third-order valence-corrected chi connectivity index (χ3v) is 3.71. The molecule has 1 amide bonds. The van der Waals surface area contributed by atoms with Crippen LogP contribution in [-0.4, -0.2) is 42.6 Å². The maximum Gasteiger partial charge on any atom is 0.264 e. The zero-order chi connectivity index (χ0) is 12.5. The van der Waals surface area contributed by atoms with E-state index in [-0.39, 0.29) is 30.5 Å². The lowest BCUT2D eigenvalue weighted by Gasteiger charge is -2.35. The van der Waals surface area contributed by atoms with E-state index >= 15 is 0 Å². The topological polar surface area (TPSA) is 41.6 Å². The number of nitrogens with one attached hydrogen (secondary N) is 1. The Morgan fingerprint density at radius 2 is 2.21 bits per heavy atom. The highest BCUT2D eigenvalue weighted by Gasteiger charge is 2.34. The van der Waals surface area contributed by atoms with Crippen LogP contribution >= 0.6 is 12.4 Å². The van der Waals surface area contributed by atoms with Crippen molar-refractivity contribution >= 4 is 18.3 Å². The third-order valence-electron chi connectivity index (χ3n) is 3.71. The van der Waals surface area contributed by atoms with Crippen LogP contribution < -0.4 is 10.1 Å². The summed E-state index contributed by atoms with van der Waals surface area (Å²) in [7, 11) is 0. The number of fused-ring (bicyclic) bond motifs is 1. The van der Waals surface area contributed by atoms with Gasteiger partial charge in [-0.1, -0.05) is 18.2 Å². The van der Waals surface area contributed by atoms with Gasteiger partial charge in [-0.05, 0) is 18.6 Å². The Hall–Kier alpha value is -1.26. The fourth-order valence-corrected chi connectivity index (χ4v) is 2.67. The molecule has 2 heterocycles. The Balaban J connectivity index is 0.00000133. The summed E-state index contributed by atoms with van der Waals surface area (Å²) >= 11 is 0. The molecule has 1 aromatic carbocycles. The van der Waals surface area contributed by atoms with Crippen LogP contribution in [0.4, 0.5) is 0 Å². The molecule has 5 heteroatoms. The lowest BCUT2D eigenvalue weighted by atomic mass is 10.1. The second kappa shape index (κ2) is 5.80. The lowest BCUT2D eigenvalue weighted by Crippen LogP contribution is -2.55. The van der Waals surface area contributed by atoms with E-state index in [1.807, 2.05) is 29.2 Å². The van der Waals surface area contributed by atoms with Crippen LogP contribution in [0, 0.1) is 0 Å². The quantitative estimate of drug-likeness (QED) is 0.842. The Morgan fingerprint density at radius 1 is 1.42 bits per heavy atom. The molecule has 0 bridgehead atoms. The Kier molecular flexibility index (Phi) is 4.32. The first-order valence-electron chi connectivity index (χ1n) is 6.51. The minimum absolute atomic E-state index is 0. The van der Waals surface area contributed by atoms with Crippen LogP contribution in [0.3, 0.4) is 0 Å². The molecule has 0 aliphatic carbocycles. The molecule has 4 nitrogen and oxygen atoms in total. The number of para-hydroxylation sites is 1. The van der Waals surface area contributed by atoms with Crippen molar-refractivity contribution in [3.05, 3.63) is 29.8 Å². The van der Waals surface area contributed by atoms with E-state index in [2.05, 4.69) is 12.2 Å². The minimum atomic E-state index is -0.331. The van der Waals surface area contributed by atoms with Crippen LogP contribution in [0.5, 0.6) is 5.75 Å². The zero-order valence-corrected chi connectivity index (χ0v) is 11.8. The summed E-state index contributed by atoms with van der Waals surface area (Å²) in [5, 5.41) is 3.29. The average Bonchev–Trinajstić information content (AvgIpc) is 2.82. The highest BCUT2D eigenvalue weighted by atomic mass is 35.5. The number of hydrogen-bond acceptors (Lipinski definition) is 3. The van der Waals surface area contributed by atoms with E-state index in [9.17, 15) is 4.79 Å². The molecule has 1 N–H and O–H groups in total. The number of carbonyl (C=O) groups excluding carboxylic acids is 1. The molecule has 104 valence electrons. The van der Waals surface area contributed by atoms with E-state index in [4.69, 9.17) is 4.74 Å². The van der Waals surface area contributed by atoms with Gasteiger partial charge in [-0.2, -0.15) is 0 Å². The maximum absolute atomic E-state index is 12.5. The van der Waals surface area contributed by atoms with Crippen molar-refractivity contribution in [3.63, 3.8) is 0 Å². The van der Waals surface area contributed by atoms with Gasteiger partial charge in [0.25, 0.3) is 5.91 Å².